The maximum Gasteiger partial charge on any atom is 0.305 e. The highest BCUT2D eigenvalue weighted by atomic mass is 16.5. The van der Waals surface area contributed by atoms with E-state index in [2.05, 4.69) is 4.74 Å². The van der Waals surface area contributed by atoms with Crippen LogP contribution in [0.2, 0.25) is 0 Å². The lowest BCUT2D eigenvalue weighted by molar-refractivity contribution is -0.143. The van der Waals surface area contributed by atoms with E-state index in [1.54, 1.807) is 6.92 Å². The van der Waals surface area contributed by atoms with Crippen molar-refractivity contribution in [3.05, 3.63) is 0 Å². The lowest BCUT2D eigenvalue weighted by atomic mass is 10.5. The molecule has 0 aliphatic rings. The molecule has 0 aliphatic carbocycles. The molecule has 0 unspecified atom stereocenters. The minimum atomic E-state index is -0.226. The number of hydrogen-bond acceptors (Lipinski definition) is 4. The summed E-state index contributed by atoms with van der Waals surface area (Å²) in [7, 11) is 0. The fourth-order valence-corrected chi connectivity index (χ4v) is 0.478. The number of carbonyl (C=O) groups excluding carboxylic acids is 2. The summed E-state index contributed by atoms with van der Waals surface area (Å²) in [5.74, 6) is -0.226. The molecule has 0 saturated heterocycles. The standard InChI is InChI=1S/C7H12O4/c1-2-7(9)11-5-3-4-10-6-8/h6H,2-5H2,1H3. The van der Waals surface area contributed by atoms with E-state index in [-0.39, 0.29) is 5.97 Å². The molecule has 0 heterocycles. The van der Waals surface area contributed by atoms with Crippen LogP contribution in [-0.4, -0.2) is 25.7 Å². The minimum absolute atomic E-state index is 0.226. The van der Waals surface area contributed by atoms with Gasteiger partial charge in [0, 0.05) is 12.8 Å². The second kappa shape index (κ2) is 7.05. The SMILES string of the molecule is CCC(=O)OCCCOC=O. The van der Waals surface area contributed by atoms with Crippen LogP contribution in [0.1, 0.15) is 19.8 Å². The zero-order valence-corrected chi connectivity index (χ0v) is 6.54. The van der Waals surface area contributed by atoms with Gasteiger partial charge in [0.25, 0.3) is 6.47 Å². The zero-order valence-electron chi connectivity index (χ0n) is 6.54. The fourth-order valence-electron chi connectivity index (χ4n) is 0.478. The van der Waals surface area contributed by atoms with Crippen LogP contribution in [0, 0.1) is 0 Å². The Balaban J connectivity index is 3.01. The van der Waals surface area contributed by atoms with Crippen LogP contribution in [0.5, 0.6) is 0 Å². The summed E-state index contributed by atoms with van der Waals surface area (Å²) in [5, 5.41) is 0. The van der Waals surface area contributed by atoms with Gasteiger partial charge in [-0.3, -0.25) is 9.59 Å². The van der Waals surface area contributed by atoms with Gasteiger partial charge in [-0.1, -0.05) is 6.92 Å². The van der Waals surface area contributed by atoms with Crippen molar-refractivity contribution >= 4 is 12.4 Å². The lowest BCUT2D eigenvalue weighted by Gasteiger charge is -2.01. The third kappa shape index (κ3) is 6.83. The summed E-state index contributed by atoms with van der Waals surface area (Å²) in [6.07, 6.45) is 0.943. The van der Waals surface area contributed by atoms with E-state index in [1.165, 1.54) is 0 Å². The Labute approximate surface area is 65.5 Å². The Morgan fingerprint density at radius 2 is 2.18 bits per heavy atom. The molecule has 0 N–H and O–H groups in total. The van der Waals surface area contributed by atoms with Crippen LogP contribution in [0.4, 0.5) is 0 Å². The normalized spacial score (nSPS) is 8.82. The van der Waals surface area contributed by atoms with Crippen LogP contribution >= 0.6 is 0 Å². The topological polar surface area (TPSA) is 52.6 Å². The average Bonchev–Trinajstić information content (AvgIpc) is 2.04. The molecule has 0 atom stereocenters. The van der Waals surface area contributed by atoms with Gasteiger partial charge in [-0.25, -0.2) is 0 Å². The Kier molecular flexibility index (Phi) is 6.37. The van der Waals surface area contributed by atoms with E-state index < -0.39 is 0 Å². The van der Waals surface area contributed by atoms with Crippen molar-refractivity contribution in [2.45, 2.75) is 19.8 Å². The first-order valence-electron chi connectivity index (χ1n) is 3.52. The van der Waals surface area contributed by atoms with Gasteiger partial charge in [0.15, 0.2) is 0 Å². The van der Waals surface area contributed by atoms with E-state index >= 15 is 0 Å². The third-order valence-corrected chi connectivity index (χ3v) is 1.03. The molecule has 0 aromatic rings. The van der Waals surface area contributed by atoms with Gasteiger partial charge >= 0.3 is 5.97 Å². The van der Waals surface area contributed by atoms with Gasteiger partial charge in [0.05, 0.1) is 13.2 Å². The van der Waals surface area contributed by atoms with Crippen LogP contribution in [0.15, 0.2) is 0 Å². The third-order valence-electron chi connectivity index (χ3n) is 1.03. The molecular weight excluding hydrogens is 148 g/mol. The molecule has 0 saturated carbocycles. The number of carbonyl (C=O) groups is 2. The molecule has 0 rings (SSSR count). The molecule has 0 amide bonds. The summed E-state index contributed by atoms with van der Waals surface area (Å²) in [6, 6.07) is 0. The van der Waals surface area contributed by atoms with Crippen molar-refractivity contribution in [2.75, 3.05) is 13.2 Å². The number of rotatable bonds is 6. The molecule has 0 spiro atoms. The highest BCUT2D eigenvalue weighted by molar-refractivity contribution is 5.68. The second-order valence-corrected chi connectivity index (χ2v) is 1.89. The molecule has 0 fully saturated rings. The second-order valence-electron chi connectivity index (χ2n) is 1.89. The quantitative estimate of drug-likeness (QED) is 0.322. The maximum absolute atomic E-state index is 10.5. The minimum Gasteiger partial charge on any atom is -0.468 e. The van der Waals surface area contributed by atoms with Crippen LogP contribution in [0.25, 0.3) is 0 Å². The molecule has 0 aromatic heterocycles. The van der Waals surface area contributed by atoms with Crippen LogP contribution in [0.3, 0.4) is 0 Å². The van der Waals surface area contributed by atoms with Gasteiger partial charge < -0.3 is 9.47 Å². The van der Waals surface area contributed by atoms with E-state index in [1.807, 2.05) is 0 Å². The summed E-state index contributed by atoms with van der Waals surface area (Å²) in [4.78, 5) is 20.1. The largest absolute Gasteiger partial charge is 0.468 e. The van der Waals surface area contributed by atoms with Gasteiger partial charge in [-0.15, -0.1) is 0 Å². The molecule has 4 heteroatoms. The Bertz CT molecular complexity index is 122. The maximum atomic E-state index is 10.5. The highest BCUT2D eigenvalue weighted by Gasteiger charge is 1.96. The van der Waals surface area contributed by atoms with E-state index in [9.17, 15) is 9.59 Å². The molecule has 0 radical (unpaired) electrons. The molecule has 0 bridgehead atoms. The van der Waals surface area contributed by atoms with Crippen molar-refractivity contribution in [1.82, 2.24) is 0 Å². The smallest absolute Gasteiger partial charge is 0.305 e. The monoisotopic (exact) mass is 160 g/mol. The van der Waals surface area contributed by atoms with Gasteiger partial charge in [0.1, 0.15) is 0 Å². The molecule has 4 nitrogen and oxygen atoms in total. The average molecular weight is 160 g/mol. The van der Waals surface area contributed by atoms with E-state index in [0.717, 1.165) is 0 Å². The zero-order chi connectivity index (χ0) is 8.53. The Morgan fingerprint density at radius 1 is 1.45 bits per heavy atom. The van der Waals surface area contributed by atoms with Crippen molar-refractivity contribution < 1.29 is 19.1 Å². The Hall–Kier alpha value is -1.06. The van der Waals surface area contributed by atoms with Crippen LogP contribution < -0.4 is 0 Å². The molecule has 0 aliphatic heterocycles. The van der Waals surface area contributed by atoms with Gasteiger partial charge in [0.2, 0.25) is 0 Å². The summed E-state index contributed by atoms with van der Waals surface area (Å²) < 4.78 is 9.08. The van der Waals surface area contributed by atoms with E-state index in [4.69, 9.17) is 4.74 Å². The van der Waals surface area contributed by atoms with E-state index in [0.29, 0.717) is 32.5 Å². The molecule has 0 aromatic carbocycles. The summed E-state index contributed by atoms with van der Waals surface area (Å²) in [5.41, 5.74) is 0. The van der Waals surface area contributed by atoms with Crippen molar-refractivity contribution in [2.24, 2.45) is 0 Å². The van der Waals surface area contributed by atoms with Crippen molar-refractivity contribution in [3.8, 4) is 0 Å². The molecular formula is C7H12O4. The fraction of sp³-hybridized carbons (Fsp3) is 0.714. The summed E-state index contributed by atoms with van der Waals surface area (Å²) >= 11 is 0. The molecule has 64 valence electrons. The predicted molar refractivity (Wildman–Crippen MR) is 37.9 cm³/mol. The van der Waals surface area contributed by atoms with Crippen molar-refractivity contribution in [3.63, 3.8) is 0 Å². The number of hydrogen-bond donors (Lipinski definition) is 0. The number of ether oxygens (including phenoxy) is 2. The predicted octanol–water partition coefficient (Wildman–Crippen LogP) is 0.503. The highest BCUT2D eigenvalue weighted by Crippen LogP contribution is 1.87. The molecule has 11 heavy (non-hydrogen) atoms. The Morgan fingerprint density at radius 3 is 2.73 bits per heavy atom. The first-order valence-corrected chi connectivity index (χ1v) is 3.52. The summed E-state index contributed by atoms with van der Waals surface area (Å²) in [6.45, 7) is 2.73. The first-order chi connectivity index (χ1) is 5.31. The lowest BCUT2D eigenvalue weighted by Crippen LogP contribution is -2.06. The van der Waals surface area contributed by atoms with Crippen molar-refractivity contribution in [1.29, 1.82) is 0 Å². The van der Waals surface area contributed by atoms with Gasteiger partial charge in [-0.2, -0.15) is 0 Å². The van der Waals surface area contributed by atoms with Crippen LogP contribution in [-0.2, 0) is 19.1 Å². The number of esters is 1. The van der Waals surface area contributed by atoms with Gasteiger partial charge in [-0.05, 0) is 0 Å². The first kappa shape index (κ1) is 9.94.